The molecule has 0 bridgehead atoms. The summed E-state index contributed by atoms with van der Waals surface area (Å²) in [4.78, 5) is 15.7. The first-order chi connectivity index (χ1) is 8.65. The standard InChI is InChI=1S/C13H16N4O/c1-16-9-13(18)17(8-12(16)7-15)11-4-2-10(6-14)3-5-11/h2-5,12H,7-9,15H2,1H3. The lowest BCUT2D eigenvalue weighted by atomic mass is 10.1. The normalized spacial score (nSPS) is 20.8. The Kier molecular flexibility index (Phi) is 3.60. The van der Waals surface area contributed by atoms with Gasteiger partial charge >= 0.3 is 0 Å². The van der Waals surface area contributed by atoms with Crippen LogP contribution in [-0.4, -0.2) is 43.5 Å². The fraction of sp³-hybridized carbons (Fsp3) is 0.385. The Bertz CT molecular complexity index is 477. The third-order valence-electron chi connectivity index (χ3n) is 3.28. The van der Waals surface area contributed by atoms with E-state index in [1.807, 2.05) is 11.9 Å². The third-order valence-corrected chi connectivity index (χ3v) is 3.28. The summed E-state index contributed by atoms with van der Waals surface area (Å²) in [5.41, 5.74) is 7.12. The van der Waals surface area contributed by atoms with E-state index in [1.54, 1.807) is 29.2 Å². The minimum atomic E-state index is 0.0620. The van der Waals surface area contributed by atoms with Gasteiger partial charge in [-0.15, -0.1) is 0 Å². The van der Waals surface area contributed by atoms with Crippen molar-refractivity contribution in [3.05, 3.63) is 29.8 Å². The Hall–Kier alpha value is -1.90. The molecule has 1 heterocycles. The number of likely N-dealkylation sites (N-methyl/N-ethyl adjacent to an activating group) is 1. The van der Waals surface area contributed by atoms with Crippen molar-refractivity contribution in [3.8, 4) is 6.07 Å². The van der Waals surface area contributed by atoms with E-state index >= 15 is 0 Å². The fourth-order valence-corrected chi connectivity index (χ4v) is 2.10. The van der Waals surface area contributed by atoms with Crippen LogP contribution in [0.5, 0.6) is 0 Å². The number of nitrogens with two attached hydrogens (primary N) is 1. The number of nitriles is 1. The molecule has 18 heavy (non-hydrogen) atoms. The summed E-state index contributed by atoms with van der Waals surface area (Å²) in [6.07, 6.45) is 0. The van der Waals surface area contributed by atoms with Gasteiger partial charge in [0, 0.05) is 24.8 Å². The Labute approximate surface area is 106 Å². The first-order valence-electron chi connectivity index (χ1n) is 5.86. The van der Waals surface area contributed by atoms with E-state index in [9.17, 15) is 4.79 Å². The maximum Gasteiger partial charge on any atom is 0.241 e. The summed E-state index contributed by atoms with van der Waals surface area (Å²) in [6.45, 7) is 1.50. The Morgan fingerprint density at radius 2 is 2.11 bits per heavy atom. The largest absolute Gasteiger partial charge is 0.329 e. The second-order valence-electron chi connectivity index (χ2n) is 4.47. The molecule has 2 N–H and O–H groups in total. The van der Waals surface area contributed by atoms with Gasteiger partial charge in [0.1, 0.15) is 0 Å². The molecule has 2 rings (SSSR count). The SMILES string of the molecule is CN1CC(=O)N(c2ccc(C#N)cc2)CC1CN. The summed E-state index contributed by atoms with van der Waals surface area (Å²) >= 11 is 0. The van der Waals surface area contributed by atoms with Crippen molar-refractivity contribution in [3.63, 3.8) is 0 Å². The molecule has 1 aromatic carbocycles. The van der Waals surface area contributed by atoms with Gasteiger partial charge in [0.25, 0.3) is 0 Å². The van der Waals surface area contributed by atoms with Gasteiger partial charge in [0.2, 0.25) is 5.91 Å². The first kappa shape index (κ1) is 12.6. The fourth-order valence-electron chi connectivity index (χ4n) is 2.10. The number of carbonyl (C=O) groups excluding carboxylic acids is 1. The molecule has 5 heteroatoms. The quantitative estimate of drug-likeness (QED) is 0.804. The van der Waals surface area contributed by atoms with E-state index in [4.69, 9.17) is 11.0 Å². The molecular formula is C13H16N4O. The van der Waals surface area contributed by atoms with Crippen LogP contribution in [0.2, 0.25) is 0 Å². The van der Waals surface area contributed by atoms with Crippen LogP contribution in [-0.2, 0) is 4.79 Å². The van der Waals surface area contributed by atoms with Crippen molar-refractivity contribution < 1.29 is 4.79 Å². The minimum Gasteiger partial charge on any atom is -0.329 e. The summed E-state index contributed by atoms with van der Waals surface area (Å²) < 4.78 is 0. The van der Waals surface area contributed by atoms with Gasteiger partial charge < -0.3 is 10.6 Å². The van der Waals surface area contributed by atoms with Crippen LogP contribution in [0.1, 0.15) is 5.56 Å². The average Bonchev–Trinajstić information content (AvgIpc) is 2.39. The molecule has 0 radical (unpaired) electrons. The lowest BCUT2D eigenvalue weighted by Gasteiger charge is -2.38. The van der Waals surface area contributed by atoms with Gasteiger partial charge in [-0.2, -0.15) is 5.26 Å². The number of benzene rings is 1. The molecule has 0 aliphatic carbocycles. The average molecular weight is 244 g/mol. The highest BCUT2D eigenvalue weighted by atomic mass is 16.2. The van der Waals surface area contributed by atoms with E-state index in [0.29, 0.717) is 25.2 Å². The predicted molar refractivity (Wildman–Crippen MR) is 69.0 cm³/mol. The Balaban J connectivity index is 2.21. The lowest BCUT2D eigenvalue weighted by Crippen LogP contribution is -2.57. The predicted octanol–water partition coefficient (Wildman–Crippen LogP) is 0.164. The third kappa shape index (κ3) is 2.35. The van der Waals surface area contributed by atoms with Crippen molar-refractivity contribution in [2.45, 2.75) is 6.04 Å². The van der Waals surface area contributed by atoms with Crippen LogP contribution in [0.3, 0.4) is 0 Å². The zero-order chi connectivity index (χ0) is 13.1. The van der Waals surface area contributed by atoms with Gasteiger partial charge in [0.15, 0.2) is 0 Å². The molecule has 0 aromatic heterocycles. The van der Waals surface area contributed by atoms with Gasteiger partial charge in [-0.25, -0.2) is 0 Å². The van der Waals surface area contributed by atoms with Gasteiger partial charge in [0.05, 0.1) is 18.2 Å². The number of piperazine rings is 1. The molecule has 0 saturated carbocycles. The number of carbonyl (C=O) groups is 1. The second-order valence-corrected chi connectivity index (χ2v) is 4.47. The minimum absolute atomic E-state index is 0.0620. The Morgan fingerprint density at radius 3 is 2.67 bits per heavy atom. The Morgan fingerprint density at radius 1 is 1.44 bits per heavy atom. The number of hydrogen-bond acceptors (Lipinski definition) is 4. The van der Waals surface area contributed by atoms with E-state index in [0.717, 1.165) is 5.69 Å². The van der Waals surface area contributed by atoms with E-state index < -0.39 is 0 Å². The van der Waals surface area contributed by atoms with Crippen LogP contribution in [0.25, 0.3) is 0 Å². The topological polar surface area (TPSA) is 73.4 Å². The van der Waals surface area contributed by atoms with E-state index in [2.05, 4.69) is 6.07 Å². The maximum atomic E-state index is 12.0. The van der Waals surface area contributed by atoms with Crippen LogP contribution in [0.15, 0.2) is 24.3 Å². The molecule has 5 nitrogen and oxygen atoms in total. The van der Waals surface area contributed by atoms with Crippen LogP contribution < -0.4 is 10.6 Å². The lowest BCUT2D eigenvalue weighted by molar-refractivity contribution is -0.121. The molecule has 94 valence electrons. The van der Waals surface area contributed by atoms with Crippen LogP contribution in [0.4, 0.5) is 5.69 Å². The van der Waals surface area contributed by atoms with Gasteiger partial charge in [-0.05, 0) is 31.3 Å². The highest BCUT2D eigenvalue weighted by Gasteiger charge is 2.29. The van der Waals surface area contributed by atoms with Crippen LogP contribution in [0, 0.1) is 11.3 Å². The van der Waals surface area contributed by atoms with Gasteiger partial charge in [-0.3, -0.25) is 9.69 Å². The summed E-state index contributed by atoms with van der Waals surface area (Å²) in [7, 11) is 1.91. The van der Waals surface area contributed by atoms with Crippen molar-refractivity contribution in [2.75, 3.05) is 31.6 Å². The van der Waals surface area contributed by atoms with Gasteiger partial charge in [-0.1, -0.05) is 0 Å². The molecule has 1 saturated heterocycles. The zero-order valence-corrected chi connectivity index (χ0v) is 10.3. The molecule has 0 spiro atoms. The maximum absolute atomic E-state index is 12.0. The molecule has 1 aliphatic heterocycles. The number of nitrogens with zero attached hydrogens (tertiary/aromatic N) is 3. The highest BCUT2D eigenvalue weighted by molar-refractivity contribution is 5.95. The highest BCUT2D eigenvalue weighted by Crippen LogP contribution is 2.19. The van der Waals surface area contributed by atoms with E-state index in [1.165, 1.54) is 0 Å². The molecule has 1 fully saturated rings. The molecule has 1 amide bonds. The number of amides is 1. The van der Waals surface area contributed by atoms with Crippen molar-refractivity contribution in [2.24, 2.45) is 5.73 Å². The summed E-state index contributed by atoms with van der Waals surface area (Å²) in [6, 6.07) is 9.29. The van der Waals surface area contributed by atoms with Crippen molar-refractivity contribution >= 4 is 11.6 Å². The molecule has 1 atom stereocenters. The van der Waals surface area contributed by atoms with E-state index in [-0.39, 0.29) is 11.9 Å². The number of hydrogen-bond donors (Lipinski definition) is 1. The van der Waals surface area contributed by atoms with Crippen molar-refractivity contribution in [1.82, 2.24) is 4.90 Å². The smallest absolute Gasteiger partial charge is 0.241 e. The molecular weight excluding hydrogens is 228 g/mol. The zero-order valence-electron chi connectivity index (χ0n) is 10.3. The molecule has 1 unspecified atom stereocenters. The van der Waals surface area contributed by atoms with Crippen LogP contribution >= 0.6 is 0 Å². The summed E-state index contributed by atoms with van der Waals surface area (Å²) in [5, 5.41) is 8.75. The first-order valence-corrected chi connectivity index (χ1v) is 5.86. The number of anilines is 1. The van der Waals surface area contributed by atoms with Crippen molar-refractivity contribution in [1.29, 1.82) is 5.26 Å². The second kappa shape index (κ2) is 5.17. The molecule has 1 aliphatic rings. The molecule has 1 aromatic rings. The number of rotatable bonds is 2. The summed E-state index contributed by atoms with van der Waals surface area (Å²) in [5.74, 6) is 0.0620. The monoisotopic (exact) mass is 244 g/mol.